The Morgan fingerprint density at radius 3 is 2.58 bits per heavy atom. The van der Waals surface area contributed by atoms with Crippen molar-refractivity contribution in [1.82, 2.24) is 0 Å². The molecule has 2 heterocycles. The van der Waals surface area contributed by atoms with Gasteiger partial charge in [-0.05, 0) is 23.7 Å². The number of ether oxygens (including phenoxy) is 2. The third kappa shape index (κ3) is 2.34. The quantitative estimate of drug-likeness (QED) is 0.921. The summed E-state index contributed by atoms with van der Waals surface area (Å²) in [4.78, 5) is 11.9. The number of benzene rings is 1. The fourth-order valence-corrected chi connectivity index (χ4v) is 1.98. The summed E-state index contributed by atoms with van der Waals surface area (Å²) in [5.74, 6) is 0.715. The first kappa shape index (κ1) is 12.2. The van der Waals surface area contributed by atoms with Crippen molar-refractivity contribution >= 4 is 34.8 Å². The average Bonchev–Trinajstić information content (AvgIpc) is 2.98. The van der Waals surface area contributed by atoms with Crippen LogP contribution >= 0.6 is 23.2 Å². The van der Waals surface area contributed by atoms with Crippen LogP contribution in [0.1, 0.15) is 10.6 Å². The molecule has 1 N–H and O–H groups in total. The summed E-state index contributed by atoms with van der Waals surface area (Å²) < 4.78 is 15.4. The molecule has 1 aliphatic heterocycles. The number of nitrogens with one attached hydrogen (secondary N) is 1. The topological polar surface area (TPSA) is 60.7 Å². The SMILES string of the molecule is O=C(Nc1cc2c(cc1Cl)OCO2)c1ccc(Cl)o1. The number of hydrogen-bond donors (Lipinski definition) is 1. The Labute approximate surface area is 118 Å². The van der Waals surface area contributed by atoms with E-state index in [-0.39, 0.29) is 17.8 Å². The Bertz CT molecular complexity index is 653. The first-order valence-electron chi connectivity index (χ1n) is 5.29. The summed E-state index contributed by atoms with van der Waals surface area (Å²) in [5.41, 5.74) is 0.406. The van der Waals surface area contributed by atoms with E-state index >= 15 is 0 Å². The number of carbonyl (C=O) groups excluding carboxylic acids is 1. The van der Waals surface area contributed by atoms with Crippen LogP contribution in [0.5, 0.6) is 11.5 Å². The Morgan fingerprint density at radius 2 is 1.89 bits per heavy atom. The van der Waals surface area contributed by atoms with Crippen molar-refractivity contribution in [3.8, 4) is 11.5 Å². The highest BCUT2D eigenvalue weighted by molar-refractivity contribution is 6.34. The van der Waals surface area contributed by atoms with E-state index in [1.165, 1.54) is 12.1 Å². The van der Waals surface area contributed by atoms with Crippen LogP contribution in [0.2, 0.25) is 10.2 Å². The molecule has 1 aromatic heterocycles. The summed E-state index contributed by atoms with van der Waals surface area (Å²) in [6.45, 7) is 0.136. The molecular formula is C12H7Cl2NO4. The second-order valence-corrected chi connectivity index (χ2v) is 4.52. The first-order chi connectivity index (χ1) is 9.13. The van der Waals surface area contributed by atoms with Gasteiger partial charge in [-0.3, -0.25) is 4.79 Å². The number of anilines is 1. The van der Waals surface area contributed by atoms with E-state index in [4.69, 9.17) is 37.1 Å². The molecule has 0 unspecified atom stereocenters. The number of hydrogen-bond acceptors (Lipinski definition) is 4. The van der Waals surface area contributed by atoms with Crippen molar-refractivity contribution < 1.29 is 18.7 Å². The highest BCUT2D eigenvalue weighted by Crippen LogP contribution is 2.39. The van der Waals surface area contributed by atoms with E-state index in [1.54, 1.807) is 12.1 Å². The lowest BCUT2D eigenvalue weighted by molar-refractivity contribution is 0.0997. The van der Waals surface area contributed by atoms with Crippen LogP contribution in [-0.2, 0) is 0 Å². The maximum atomic E-state index is 11.9. The Balaban J connectivity index is 1.85. The van der Waals surface area contributed by atoms with Gasteiger partial charge in [-0.2, -0.15) is 0 Å². The zero-order valence-electron chi connectivity index (χ0n) is 9.41. The fraction of sp³-hybridized carbons (Fsp3) is 0.0833. The van der Waals surface area contributed by atoms with Crippen molar-refractivity contribution in [1.29, 1.82) is 0 Å². The van der Waals surface area contributed by atoms with Crippen molar-refractivity contribution in [2.75, 3.05) is 12.1 Å². The number of amides is 1. The maximum absolute atomic E-state index is 11.9. The van der Waals surface area contributed by atoms with Crippen LogP contribution in [0.25, 0.3) is 0 Å². The van der Waals surface area contributed by atoms with Gasteiger partial charge in [0.1, 0.15) is 0 Å². The van der Waals surface area contributed by atoms with Crippen LogP contribution in [0.4, 0.5) is 5.69 Å². The summed E-state index contributed by atoms with van der Waals surface area (Å²) in [5, 5.41) is 3.09. The van der Waals surface area contributed by atoms with E-state index in [0.29, 0.717) is 22.2 Å². The molecule has 98 valence electrons. The van der Waals surface area contributed by atoms with Gasteiger partial charge in [0.05, 0.1) is 10.7 Å². The van der Waals surface area contributed by atoms with Crippen LogP contribution < -0.4 is 14.8 Å². The molecule has 1 aliphatic rings. The third-order valence-corrected chi connectivity index (χ3v) is 3.02. The second kappa shape index (κ2) is 4.68. The van der Waals surface area contributed by atoms with Gasteiger partial charge in [0, 0.05) is 12.1 Å². The minimum atomic E-state index is -0.451. The van der Waals surface area contributed by atoms with Crippen molar-refractivity contribution in [3.63, 3.8) is 0 Å². The molecule has 0 saturated carbocycles. The fourth-order valence-electron chi connectivity index (χ4n) is 1.63. The van der Waals surface area contributed by atoms with Crippen LogP contribution in [0.3, 0.4) is 0 Å². The maximum Gasteiger partial charge on any atom is 0.291 e. The molecule has 0 bridgehead atoms. The molecular weight excluding hydrogens is 293 g/mol. The van der Waals surface area contributed by atoms with E-state index < -0.39 is 5.91 Å². The van der Waals surface area contributed by atoms with Crippen LogP contribution in [-0.4, -0.2) is 12.7 Å². The zero-order chi connectivity index (χ0) is 13.4. The molecule has 1 aromatic carbocycles. The average molecular weight is 300 g/mol. The predicted octanol–water partition coefficient (Wildman–Crippen LogP) is 3.57. The molecule has 1 amide bonds. The number of rotatable bonds is 2. The molecule has 5 nitrogen and oxygen atoms in total. The largest absolute Gasteiger partial charge is 0.454 e. The van der Waals surface area contributed by atoms with Gasteiger partial charge in [0.15, 0.2) is 22.5 Å². The predicted molar refractivity (Wildman–Crippen MR) is 69.2 cm³/mol. The molecule has 0 spiro atoms. The van der Waals surface area contributed by atoms with E-state index in [2.05, 4.69) is 5.32 Å². The van der Waals surface area contributed by atoms with Crippen molar-refractivity contribution in [2.45, 2.75) is 0 Å². The molecule has 0 saturated heterocycles. The molecule has 0 fully saturated rings. The zero-order valence-corrected chi connectivity index (χ0v) is 10.9. The van der Waals surface area contributed by atoms with Gasteiger partial charge in [0.2, 0.25) is 6.79 Å². The smallest absolute Gasteiger partial charge is 0.291 e. The van der Waals surface area contributed by atoms with Gasteiger partial charge in [-0.25, -0.2) is 0 Å². The lowest BCUT2D eigenvalue weighted by Crippen LogP contribution is -2.11. The Hall–Kier alpha value is -1.85. The number of halogens is 2. The van der Waals surface area contributed by atoms with E-state index in [1.807, 2.05) is 0 Å². The van der Waals surface area contributed by atoms with Gasteiger partial charge in [0.25, 0.3) is 5.91 Å². The summed E-state index contributed by atoms with van der Waals surface area (Å²) in [7, 11) is 0. The Morgan fingerprint density at radius 1 is 1.16 bits per heavy atom. The first-order valence-corrected chi connectivity index (χ1v) is 6.05. The van der Waals surface area contributed by atoms with Gasteiger partial charge in [-0.1, -0.05) is 11.6 Å². The number of furan rings is 1. The van der Waals surface area contributed by atoms with Crippen LogP contribution in [0.15, 0.2) is 28.7 Å². The molecule has 7 heteroatoms. The van der Waals surface area contributed by atoms with Gasteiger partial charge < -0.3 is 19.2 Å². The molecule has 0 atom stereocenters. The normalized spacial score (nSPS) is 12.5. The monoisotopic (exact) mass is 299 g/mol. The molecule has 3 rings (SSSR count). The summed E-state index contributed by atoms with van der Waals surface area (Å²) in [6.07, 6.45) is 0. The van der Waals surface area contributed by atoms with Crippen LogP contribution in [0, 0.1) is 0 Å². The standard InChI is InChI=1S/C12H7Cl2NO4/c13-6-3-9-10(18-5-17-9)4-7(6)15-12(16)8-1-2-11(14)19-8/h1-4H,5H2,(H,15,16). The highest BCUT2D eigenvalue weighted by Gasteiger charge is 2.19. The lowest BCUT2D eigenvalue weighted by atomic mass is 10.2. The van der Waals surface area contributed by atoms with Gasteiger partial charge >= 0.3 is 0 Å². The number of fused-ring (bicyclic) bond motifs is 1. The molecule has 0 aliphatic carbocycles. The molecule has 19 heavy (non-hydrogen) atoms. The minimum absolute atomic E-state index is 0.0960. The molecule has 0 radical (unpaired) electrons. The minimum Gasteiger partial charge on any atom is -0.454 e. The molecule has 2 aromatic rings. The van der Waals surface area contributed by atoms with Gasteiger partial charge in [-0.15, -0.1) is 0 Å². The van der Waals surface area contributed by atoms with E-state index in [0.717, 1.165) is 0 Å². The van der Waals surface area contributed by atoms with Crippen molar-refractivity contribution in [3.05, 3.63) is 40.3 Å². The highest BCUT2D eigenvalue weighted by atomic mass is 35.5. The Kier molecular flexibility index (Phi) is 3.00. The second-order valence-electron chi connectivity index (χ2n) is 3.74. The number of carbonyl (C=O) groups is 1. The van der Waals surface area contributed by atoms with Crippen molar-refractivity contribution in [2.24, 2.45) is 0 Å². The summed E-state index contributed by atoms with van der Waals surface area (Å²) >= 11 is 11.6. The van der Waals surface area contributed by atoms with E-state index in [9.17, 15) is 4.79 Å². The third-order valence-electron chi connectivity index (χ3n) is 2.51. The summed E-state index contributed by atoms with van der Waals surface area (Å²) in [6, 6.07) is 6.12. The lowest BCUT2D eigenvalue weighted by Gasteiger charge is -2.06.